The maximum atomic E-state index is 5.12. The van der Waals surface area contributed by atoms with Crippen molar-refractivity contribution in [2.45, 2.75) is 13.3 Å². The van der Waals surface area contributed by atoms with Crippen molar-refractivity contribution in [3.63, 3.8) is 0 Å². The summed E-state index contributed by atoms with van der Waals surface area (Å²) in [6.45, 7) is 2.15. The van der Waals surface area contributed by atoms with Crippen LogP contribution in [0.25, 0.3) is 66.7 Å². The minimum atomic E-state index is 0.865. The Kier molecular flexibility index (Phi) is 5.04. The molecule has 0 bridgehead atoms. The van der Waals surface area contributed by atoms with E-state index >= 15 is 0 Å². The van der Waals surface area contributed by atoms with Gasteiger partial charge in [-0.15, -0.1) is 0 Å². The summed E-state index contributed by atoms with van der Waals surface area (Å²) in [7, 11) is 0. The van der Waals surface area contributed by atoms with Gasteiger partial charge in [-0.25, -0.2) is 15.0 Å². The van der Waals surface area contributed by atoms with Crippen LogP contribution in [0.15, 0.2) is 121 Å². The number of hydrogen-bond acceptors (Lipinski definition) is 3. The number of fused-ring (bicyclic) bond motifs is 6. The van der Waals surface area contributed by atoms with Gasteiger partial charge in [0.1, 0.15) is 17.0 Å². The fourth-order valence-corrected chi connectivity index (χ4v) is 5.80. The predicted octanol–water partition coefficient (Wildman–Crippen LogP) is 8.27. The van der Waals surface area contributed by atoms with Gasteiger partial charge in [-0.1, -0.05) is 79.7 Å². The average Bonchev–Trinajstić information content (AvgIpc) is 3.60. The molecule has 190 valence electrons. The summed E-state index contributed by atoms with van der Waals surface area (Å²) in [5.41, 5.74) is 11.5. The van der Waals surface area contributed by atoms with Crippen molar-refractivity contribution in [3.8, 4) is 28.1 Å². The monoisotopic (exact) mass is 515 g/mol. The molecule has 4 aromatic heterocycles. The van der Waals surface area contributed by atoms with Crippen molar-refractivity contribution in [1.29, 1.82) is 0 Å². The number of imidazole rings is 2. The van der Waals surface area contributed by atoms with E-state index in [0.29, 0.717) is 0 Å². The Morgan fingerprint density at radius 2 is 1.40 bits per heavy atom. The van der Waals surface area contributed by atoms with Gasteiger partial charge in [-0.2, -0.15) is 0 Å². The third-order valence-electron chi connectivity index (χ3n) is 7.69. The highest BCUT2D eigenvalue weighted by molar-refractivity contribution is 6.09. The maximum Gasteiger partial charge on any atom is 0.137 e. The van der Waals surface area contributed by atoms with Crippen molar-refractivity contribution in [2.24, 2.45) is 0 Å². The van der Waals surface area contributed by atoms with Crippen LogP contribution in [0, 0.1) is 0 Å². The van der Waals surface area contributed by atoms with Gasteiger partial charge >= 0.3 is 0 Å². The van der Waals surface area contributed by atoms with Crippen molar-refractivity contribution in [1.82, 2.24) is 23.9 Å². The molecule has 0 aliphatic carbocycles. The van der Waals surface area contributed by atoms with Crippen LogP contribution in [-0.2, 0) is 6.42 Å². The number of pyridine rings is 2. The van der Waals surface area contributed by atoms with Crippen LogP contribution in [0.2, 0.25) is 0 Å². The van der Waals surface area contributed by atoms with Crippen LogP contribution in [0.4, 0.5) is 0 Å². The summed E-state index contributed by atoms with van der Waals surface area (Å²) >= 11 is 0. The fourth-order valence-electron chi connectivity index (χ4n) is 5.80. The molecule has 0 atom stereocenters. The van der Waals surface area contributed by atoms with Crippen molar-refractivity contribution in [2.75, 3.05) is 0 Å². The minimum absolute atomic E-state index is 0.865. The second kappa shape index (κ2) is 8.89. The lowest BCUT2D eigenvalue weighted by Gasteiger charge is -2.11. The molecule has 0 radical (unpaired) electrons. The van der Waals surface area contributed by atoms with Gasteiger partial charge in [0.2, 0.25) is 0 Å². The molecule has 0 spiro atoms. The first-order valence-electron chi connectivity index (χ1n) is 13.6. The highest BCUT2D eigenvalue weighted by atomic mass is 15.1. The van der Waals surface area contributed by atoms with E-state index in [0.717, 1.165) is 78.9 Å². The Hall–Kier alpha value is -5.29. The van der Waals surface area contributed by atoms with Crippen LogP contribution >= 0.6 is 0 Å². The van der Waals surface area contributed by atoms with E-state index < -0.39 is 0 Å². The smallest absolute Gasteiger partial charge is 0.137 e. The van der Waals surface area contributed by atoms with Gasteiger partial charge in [0.15, 0.2) is 0 Å². The molecule has 8 rings (SSSR count). The molecule has 0 fully saturated rings. The minimum Gasteiger partial charge on any atom is -0.298 e. The molecule has 0 aliphatic rings. The van der Waals surface area contributed by atoms with Gasteiger partial charge in [-0.3, -0.25) is 8.97 Å². The maximum absolute atomic E-state index is 5.12. The van der Waals surface area contributed by atoms with Gasteiger partial charge in [0.05, 0.1) is 27.8 Å². The lowest BCUT2D eigenvalue weighted by Crippen LogP contribution is -2.00. The molecule has 0 saturated heterocycles. The van der Waals surface area contributed by atoms with Gasteiger partial charge < -0.3 is 0 Å². The van der Waals surface area contributed by atoms with E-state index in [-0.39, 0.29) is 0 Å². The third kappa shape index (κ3) is 3.45. The van der Waals surface area contributed by atoms with E-state index in [1.165, 1.54) is 0 Å². The van der Waals surface area contributed by atoms with Gasteiger partial charge in [0.25, 0.3) is 0 Å². The second-order valence-electron chi connectivity index (χ2n) is 10.0. The number of rotatable bonds is 4. The normalized spacial score (nSPS) is 11.7. The van der Waals surface area contributed by atoms with Crippen LogP contribution < -0.4 is 0 Å². The number of nitrogens with zero attached hydrogens (tertiary/aromatic N) is 5. The fraction of sp³-hybridized carbons (Fsp3) is 0.0571. The molecular weight excluding hydrogens is 490 g/mol. The number of para-hydroxylation sites is 3. The Bertz CT molecular complexity index is 2200. The van der Waals surface area contributed by atoms with Crippen LogP contribution in [0.5, 0.6) is 0 Å². The topological polar surface area (TPSA) is 48.0 Å². The zero-order valence-electron chi connectivity index (χ0n) is 22.0. The van der Waals surface area contributed by atoms with Gasteiger partial charge in [-0.05, 0) is 53.6 Å². The van der Waals surface area contributed by atoms with Crippen LogP contribution in [0.1, 0.15) is 12.7 Å². The molecule has 8 aromatic rings. The van der Waals surface area contributed by atoms with Crippen molar-refractivity contribution < 1.29 is 0 Å². The lowest BCUT2D eigenvalue weighted by atomic mass is 10.0. The first-order valence-corrected chi connectivity index (χ1v) is 13.6. The molecule has 4 heterocycles. The number of benzene rings is 4. The van der Waals surface area contributed by atoms with Crippen LogP contribution in [0.3, 0.4) is 0 Å². The molecule has 5 nitrogen and oxygen atoms in total. The molecule has 0 saturated carbocycles. The first-order chi connectivity index (χ1) is 19.8. The number of aryl methyl sites for hydroxylation is 1. The van der Waals surface area contributed by atoms with E-state index in [4.69, 9.17) is 15.0 Å². The molecule has 0 N–H and O–H groups in total. The Morgan fingerprint density at radius 3 is 2.27 bits per heavy atom. The van der Waals surface area contributed by atoms with Crippen molar-refractivity contribution >= 4 is 38.6 Å². The van der Waals surface area contributed by atoms with E-state index in [1.807, 2.05) is 36.4 Å². The van der Waals surface area contributed by atoms with Gasteiger partial charge in [0, 0.05) is 29.3 Å². The third-order valence-corrected chi connectivity index (χ3v) is 7.69. The summed E-state index contributed by atoms with van der Waals surface area (Å²) < 4.78 is 4.41. The molecule has 0 aliphatic heterocycles. The largest absolute Gasteiger partial charge is 0.298 e. The quantitative estimate of drug-likeness (QED) is 0.237. The molecule has 4 aromatic carbocycles. The second-order valence-corrected chi connectivity index (χ2v) is 10.0. The molecule has 40 heavy (non-hydrogen) atoms. The number of hydrogen-bond donors (Lipinski definition) is 0. The Labute approximate surface area is 231 Å². The molecule has 0 amide bonds. The van der Waals surface area contributed by atoms with E-state index in [2.05, 4.69) is 101 Å². The van der Waals surface area contributed by atoms with E-state index in [1.54, 1.807) is 0 Å². The summed E-state index contributed by atoms with van der Waals surface area (Å²) in [4.78, 5) is 15.0. The average molecular weight is 516 g/mol. The van der Waals surface area contributed by atoms with Crippen molar-refractivity contribution in [3.05, 3.63) is 127 Å². The highest BCUT2D eigenvalue weighted by Crippen LogP contribution is 2.34. The standard InChI is InChI=1S/C35H25N5/c1-2-31-36-29-14-5-6-15-30(29)40(31)26-11-9-10-25(22-26)23-17-19-24(20-18-23)33-35-34(27-12-3-4-13-28(27)37-33)38-32-16-7-8-21-39(32)35/h3-22H,2H2,1H3. The SMILES string of the molecule is CCc1nc2ccccc2n1-c1cccc(-c2ccc(-c3nc4ccccc4c4nc5ccccn5c34)cc2)c1. The lowest BCUT2D eigenvalue weighted by molar-refractivity contribution is 0.908. The molecule has 5 heteroatoms. The zero-order valence-corrected chi connectivity index (χ0v) is 22.0. The summed E-state index contributed by atoms with van der Waals surface area (Å²) in [5, 5.41) is 1.07. The predicted molar refractivity (Wildman–Crippen MR) is 163 cm³/mol. The molecular formula is C35H25N5. The Balaban J connectivity index is 1.25. The zero-order chi connectivity index (χ0) is 26.6. The molecule has 0 unspecified atom stereocenters. The summed E-state index contributed by atoms with van der Waals surface area (Å²) in [5.74, 6) is 1.06. The summed E-state index contributed by atoms with van der Waals surface area (Å²) in [6.07, 6.45) is 2.93. The summed E-state index contributed by atoms with van der Waals surface area (Å²) in [6, 6.07) is 40.1. The number of aromatic nitrogens is 5. The Morgan fingerprint density at radius 1 is 0.625 bits per heavy atom. The first kappa shape index (κ1) is 22.7. The van der Waals surface area contributed by atoms with E-state index in [9.17, 15) is 0 Å². The van der Waals surface area contributed by atoms with Crippen LogP contribution in [-0.4, -0.2) is 23.9 Å². The highest BCUT2D eigenvalue weighted by Gasteiger charge is 2.16.